The molecule has 0 bridgehead atoms. The van der Waals surface area contributed by atoms with Crippen molar-refractivity contribution in [1.82, 2.24) is 15.0 Å². The number of pyridine rings is 1. The third-order valence-electron chi connectivity index (χ3n) is 4.75. The topological polar surface area (TPSA) is 57.1 Å². The standard InChI is InChI=1S/C21H19F4N3O2/c1-13(2)20(29-3,15-10-26-12-27-11-15)19-7-4-14(9-28-19)17-6-5-16(8-18(17)22)30-21(23,24)25/h4-13H,1-3H3. The highest BCUT2D eigenvalue weighted by Crippen LogP contribution is 2.39. The third kappa shape index (κ3) is 4.25. The monoisotopic (exact) mass is 421 g/mol. The Bertz CT molecular complexity index is 995. The quantitative estimate of drug-likeness (QED) is 0.517. The molecule has 1 unspecified atom stereocenters. The number of ether oxygens (including phenoxy) is 2. The predicted molar refractivity (Wildman–Crippen MR) is 101 cm³/mol. The van der Waals surface area contributed by atoms with E-state index in [1.54, 1.807) is 31.6 Å². The van der Waals surface area contributed by atoms with Crippen molar-refractivity contribution in [3.05, 3.63) is 72.3 Å². The van der Waals surface area contributed by atoms with E-state index in [1.807, 2.05) is 13.8 Å². The van der Waals surface area contributed by atoms with Crippen LogP contribution < -0.4 is 4.74 Å². The first kappa shape index (κ1) is 21.6. The van der Waals surface area contributed by atoms with Crippen LogP contribution in [0, 0.1) is 11.7 Å². The van der Waals surface area contributed by atoms with Gasteiger partial charge in [0, 0.05) is 48.5 Å². The molecule has 30 heavy (non-hydrogen) atoms. The van der Waals surface area contributed by atoms with Crippen molar-refractivity contribution in [2.75, 3.05) is 7.11 Å². The molecule has 0 N–H and O–H groups in total. The van der Waals surface area contributed by atoms with Crippen LogP contribution >= 0.6 is 0 Å². The van der Waals surface area contributed by atoms with Gasteiger partial charge >= 0.3 is 6.36 Å². The summed E-state index contributed by atoms with van der Waals surface area (Å²) >= 11 is 0. The molecule has 1 aromatic carbocycles. The number of benzene rings is 1. The highest BCUT2D eigenvalue weighted by molar-refractivity contribution is 5.64. The first-order chi connectivity index (χ1) is 14.2. The summed E-state index contributed by atoms with van der Waals surface area (Å²) in [6, 6.07) is 6.26. The van der Waals surface area contributed by atoms with Crippen LogP contribution in [-0.2, 0) is 10.3 Å². The van der Waals surface area contributed by atoms with Crippen molar-refractivity contribution in [2.24, 2.45) is 5.92 Å². The van der Waals surface area contributed by atoms with Crippen LogP contribution in [0.5, 0.6) is 5.75 Å². The lowest BCUT2D eigenvalue weighted by molar-refractivity contribution is -0.274. The molecule has 0 aliphatic carbocycles. The molecule has 9 heteroatoms. The van der Waals surface area contributed by atoms with Crippen molar-refractivity contribution in [3.8, 4) is 16.9 Å². The second-order valence-electron chi connectivity index (χ2n) is 6.84. The van der Waals surface area contributed by atoms with Crippen LogP contribution in [0.15, 0.2) is 55.2 Å². The Kier molecular flexibility index (Phi) is 6.02. The first-order valence-corrected chi connectivity index (χ1v) is 9.00. The van der Waals surface area contributed by atoms with Crippen molar-refractivity contribution in [1.29, 1.82) is 0 Å². The van der Waals surface area contributed by atoms with Crippen molar-refractivity contribution in [3.63, 3.8) is 0 Å². The van der Waals surface area contributed by atoms with Gasteiger partial charge in [-0.2, -0.15) is 0 Å². The molecule has 0 spiro atoms. The fourth-order valence-corrected chi connectivity index (χ4v) is 3.43. The van der Waals surface area contributed by atoms with E-state index in [2.05, 4.69) is 19.7 Å². The van der Waals surface area contributed by atoms with Gasteiger partial charge in [-0.15, -0.1) is 13.2 Å². The molecule has 3 rings (SSSR count). The Balaban J connectivity index is 1.98. The molecule has 5 nitrogen and oxygen atoms in total. The smallest absolute Gasteiger partial charge is 0.406 e. The summed E-state index contributed by atoms with van der Waals surface area (Å²) in [6.07, 6.45) is 1.25. The maximum absolute atomic E-state index is 14.4. The maximum Gasteiger partial charge on any atom is 0.573 e. The molecule has 2 heterocycles. The van der Waals surface area contributed by atoms with E-state index >= 15 is 0 Å². The summed E-state index contributed by atoms with van der Waals surface area (Å²) in [4.78, 5) is 12.6. The van der Waals surface area contributed by atoms with Crippen LogP contribution in [0.4, 0.5) is 17.6 Å². The highest BCUT2D eigenvalue weighted by Gasteiger charge is 2.40. The number of hydrogen-bond acceptors (Lipinski definition) is 5. The van der Waals surface area contributed by atoms with Crippen LogP contribution in [0.2, 0.25) is 0 Å². The number of halogens is 4. The molecule has 158 valence electrons. The maximum atomic E-state index is 14.4. The Morgan fingerprint density at radius 2 is 1.67 bits per heavy atom. The summed E-state index contributed by atoms with van der Waals surface area (Å²) in [5, 5.41) is 0. The van der Waals surface area contributed by atoms with E-state index in [0.717, 1.165) is 6.07 Å². The normalized spacial score (nSPS) is 13.9. The van der Waals surface area contributed by atoms with Crippen LogP contribution in [0.25, 0.3) is 11.1 Å². The lowest BCUT2D eigenvalue weighted by Crippen LogP contribution is -2.37. The molecular formula is C21H19F4N3O2. The average molecular weight is 421 g/mol. The number of methoxy groups -OCH3 is 1. The largest absolute Gasteiger partial charge is 0.573 e. The minimum atomic E-state index is -4.89. The molecule has 0 saturated heterocycles. The zero-order chi connectivity index (χ0) is 21.9. The van der Waals surface area contributed by atoms with Gasteiger partial charge < -0.3 is 9.47 Å². The summed E-state index contributed by atoms with van der Waals surface area (Å²) in [7, 11) is 1.56. The SMILES string of the molecule is COC(c1cncnc1)(c1ccc(-c2ccc(OC(F)(F)F)cc2F)cn1)C(C)C. The van der Waals surface area contributed by atoms with Gasteiger partial charge in [0.05, 0.1) is 5.69 Å². The molecule has 3 aromatic rings. The predicted octanol–water partition coefficient (Wildman–Crippen LogP) is 5.12. The van der Waals surface area contributed by atoms with Gasteiger partial charge in [0.25, 0.3) is 0 Å². The lowest BCUT2D eigenvalue weighted by atomic mass is 9.81. The highest BCUT2D eigenvalue weighted by atomic mass is 19.4. The van der Waals surface area contributed by atoms with E-state index in [-0.39, 0.29) is 11.5 Å². The van der Waals surface area contributed by atoms with E-state index in [1.165, 1.54) is 18.6 Å². The second-order valence-corrected chi connectivity index (χ2v) is 6.84. The molecule has 0 amide bonds. The fourth-order valence-electron chi connectivity index (χ4n) is 3.43. The molecule has 0 fully saturated rings. The molecule has 0 radical (unpaired) electrons. The van der Waals surface area contributed by atoms with E-state index < -0.39 is 23.5 Å². The summed E-state index contributed by atoms with van der Waals surface area (Å²) in [5.74, 6) is -1.53. The van der Waals surface area contributed by atoms with Crippen LogP contribution in [-0.4, -0.2) is 28.4 Å². The summed E-state index contributed by atoms with van der Waals surface area (Å²) in [5.41, 5.74) is 0.841. The zero-order valence-corrected chi connectivity index (χ0v) is 16.4. The first-order valence-electron chi connectivity index (χ1n) is 9.00. The van der Waals surface area contributed by atoms with E-state index in [0.29, 0.717) is 22.9 Å². The van der Waals surface area contributed by atoms with Crippen LogP contribution in [0.1, 0.15) is 25.1 Å². The van der Waals surface area contributed by atoms with Gasteiger partial charge in [-0.05, 0) is 24.1 Å². The second kappa shape index (κ2) is 8.35. The lowest BCUT2D eigenvalue weighted by Gasteiger charge is -2.35. The van der Waals surface area contributed by atoms with Crippen molar-refractivity contribution < 1.29 is 27.0 Å². The Morgan fingerprint density at radius 3 is 2.17 bits per heavy atom. The number of alkyl halides is 3. The number of rotatable bonds is 6. The fraction of sp³-hybridized carbons (Fsp3) is 0.286. The van der Waals surface area contributed by atoms with Gasteiger partial charge in [-0.3, -0.25) is 4.98 Å². The number of nitrogens with zero attached hydrogens (tertiary/aromatic N) is 3. The average Bonchev–Trinajstić information content (AvgIpc) is 2.69. The Labute approximate surface area is 170 Å². The molecule has 1 atom stereocenters. The molecule has 0 saturated carbocycles. The number of hydrogen-bond donors (Lipinski definition) is 0. The van der Waals surface area contributed by atoms with E-state index in [9.17, 15) is 17.6 Å². The minimum absolute atomic E-state index is 0.0395. The number of aromatic nitrogens is 3. The summed E-state index contributed by atoms with van der Waals surface area (Å²) in [6.45, 7) is 3.93. The van der Waals surface area contributed by atoms with Crippen molar-refractivity contribution in [2.45, 2.75) is 25.8 Å². The van der Waals surface area contributed by atoms with Gasteiger partial charge in [0.2, 0.25) is 0 Å². The Hall–Kier alpha value is -3.07. The van der Waals surface area contributed by atoms with Crippen molar-refractivity contribution >= 4 is 0 Å². The molecule has 0 aliphatic rings. The summed E-state index contributed by atoms with van der Waals surface area (Å²) < 4.78 is 60.9. The molecule has 0 aliphatic heterocycles. The van der Waals surface area contributed by atoms with Gasteiger partial charge in [0.15, 0.2) is 0 Å². The minimum Gasteiger partial charge on any atom is -0.406 e. The Morgan fingerprint density at radius 1 is 0.967 bits per heavy atom. The molecular weight excluding hydrogens is 402 g/mol. The van der Waals surface area contributed by atoms with Gasteiger partial charge in [0.1, 0.15) is 23.5 Å². The zero-order valence-electron chi connectivity index (χ0n) is 16.4. The third-order valence-corrected chi connectivity index (χ3v) is 4.75. The van der Waals surface area contributed by atoms with Gasteiger partial charge in [-0.25, -0.2) is 14.4 Å². The van der Waals surface area contributed by atoms with Gasteiger partial charge in [-0.1, -0.05) is 19.9 Å². The van der Waals surface area contributed by atoms with E-state index in [4.69, 9.17) is 4.74 Å². The molecule has 2 aromatic heterocycles. The van der Waals surface area contributed by atoms with Crippen LogP contribution in [0.3, 0.4) is 0 Å².